The molecule has 0 bridgehead atoms. The van der Waals surface area contributed by atoms with Crippen molar-refractivity contribution in [3.63, 3.8) is 0 Å². The summed E-state index contributed by atoms with van der Waals surface area (Å²) in [6, 6.07) is 4.75. The summed E-state index contributed by atoms with van der Waals surface area (Å²) in [4.78, 5) is 54.1. The van der Waals surface area contributed by atoms with Gasteiger partial charge in [-0.2, -0.15) is 0 Å². The lowest BCUT2D eigenvalue weighted by atomic mass is 10.0. The lowest BCUT2D eigenvalue weighted by Gasteiger charge is -2.41. The van der Waals surface area contributed by atoms with Crippen LogP contribution in [0.3, 0.4) is 0 Å². The first-order valence-corrected chi connectivity index (χ1v) is 10.9. The van der Waals surface area contributed by atoms with Gasteiger partial charge in [-0.15, -0.1) is 0 Å². The van der Waals surface area contributed by atoms with Crippen LogP contribution < -0.4 is 20.7 Å². The number of rotatable bonds is 5. The zero-order chi connectivity index (χ0) is 23.3. The molecule has 2 aliphatic rings. The Hall–Kier alpha value is -3.30. The molecule has 2 atom stereocenters. The van der Waals surface area contributed by atoms with Crippen LogP contribution in [-0.4, -0.2) is 85.0 Å². The molecule has 0 spiro atoms. The highest BCUT2D eigenvalue weighted by atomic mass is 16.5. The van der Waals surface area contributed by atoms with Crippen molar-refractivity contribution in [3.8, 4) is 5.75 Å². The van der Waals surface area contributed by atoms with E-state index >= 15 is 0 Å². The van der Waals surface area contributed by atoms with Crippen LogP contribution in [0.1, 0.15) is 37.0 Å². The number of piperazine rings is 1. The van der Waals surface area contributed by atoms with E-state index in [-0.39, 0.29) is 37.0 Å². The predicted octanol–water partition coefficient (Wildman–Crippen LogP) is 0.334. The monoisotopic (exact) mass is 445 g/mol. The lowest BCUT2D eigenvalue weighted by Crippen LogP contribution is -2.64. The Morgan fingerprint density at radius 2 is 1.88 bits per heavy atom. The van der Waals surface area contributed by atoms with Gasteiger partial charge in [-0.05, 0) is 51.0 Å². The average Bonchev–Trinajstić information content (AvgIpc) is 2.79. The maximum atomic E-state index is 13.2. The van der Waals surface area contributed by atoms with E-state index in [2.05, 4.69) is 16.0 Å². The molecule has 2 heterocycles. The van der Waals surface area contributed by atoms with Crippen LogP contribution in [-0.2, 0) is 9.59 Å². The lowest BCUT2D eigenvalue weighted by molar-refractivity contribution is -0.133. The molecule has 1 aromatic carbocycles. The van der Waals surface area contributed by atoms with E-state index in [1.807, 2.05) is 13.8 Å². The van der Waals surface area contributed by atoms with Gasteiger partial charge in [-0.25, -0.2) is 4.79 Å². The van der Waals surface area contributed by atoms with E-state index in [4.69, 9.17) is 4.74 Å². The Morgan fingerprint density at radius 3 is 2.50 bits per heavy atom. The van der Waals surface area contributed by atoms with Crippen LogP contribution in [0.4, 0.5) is 4.79 Å². The van der Waals surface area contributed by atoms with Gasteiger partial charge in [0.15, 0.2) is 0 Å². The van der Waals surface area contributed by atoms with Crippen LogP contribution in [0, 0.1) is 0 Å². The van der Waals surface area contributed by atoms with Crippen molar-refractivity contribution >= 4 is 23.8 Å². The van der Waals surface area contributed by atoms with E-state index in [9.17, 15) is 19.2 Å². The normalized spacial score (nSPS) is 21.1. The Balaban J connectivity index is 1.79. The summed E-state index contributed by atoms with van der Waals surface area (Å²) in [6.07, 6.45) is 1.30. The van der Waals surface area contributed by atoms with Crippen LogP contribution in [0.2, 0.25) is 0 Å². The molecule has 0 unspecified atom stereocenters. The number of nitrogens with zero attached hydrogens (tertiary/aromatic N) is 2. The number of carbonyl (C=O) groups is 4. The van der Waals surface area contributed by atoms with Gasteiger partial charge in [-0.1, -0.05) is 0 Å². The first kappa shape index (κ1) is 23.4. The van der Waals surface area contributed by atoms with Gasteiger partial charge >= 0.3 is 6.03 Å². The summed E-state index contributed by atoms with van der Waals surface area (Å²) in [5, 5.41) is 8.33. The molecule has 10 nitrogen and oxygen atoms in total. The maximum absolute atomic E-state index is 13.2. The number of carbonyl (C=O) groups excluding carboxylic acids is 4. The van der Waals surface area contributed by atoms with Gasteiger partial charge in [0, 0.05) is 31.2 Å². The zero-order valence-electron chi connectivity index (χ0n) is 18.7. The highest BCUT2D eigenvalue weighted by molar-refractivity contribution is 5.99. The van der Waals surface area contributed by atoms with Gasteiger partial charge < -0.3 is 30.5 Å². The molecule has 5 amide bonds. The quantitative estimate of drug-likeness (QED) is 0.604. The molecule has 174 valence electrons. The van der Waals surface area contributed by atoms with Crippen LogP contribution in [0.5, 0.6) is 5.75 Å². The van der Waals surface area contributed by atoms with Crippen LogP contribution in [0.25, 0.3) is 0 Å². The van der Waals surface area contributed by atoms with E-state index in [0.29, 0.717) is 30.8 Å². The molecule has 10 heteroatoms. The Bertz CT molecular complexity index is 857. The highest BCUT2D eigenvalue weighted by Gasteiger charge is 2.39. The van der Waals surface area contributed by atoms with Gasteiger partial charge in [0.1, 0.15) is 17.8 Å². The molecular weight excluding hydrogens is 414 g/mol. The number of amides is 5. The van der Waals surface area contributed by atoms with E-state index < -0.39 is 18.0 Å². The van der Waals surface area contributed by atoms with Crippen molar-refractivity contribution in [2.45, 2.75) is 44.8 Å². The van der Waals surface area contributed by atoms with Gasteiger partial charge in [0.05, 0.1) is 13.7 Å². The number of methoxy groups -OCH3 is 1. The molecule has 3 rings (SSSR count). The van der Waals surface area contributed by atoms with Crippen molar-refractivity contribution < 1.29 is 23.9 Å². The molecule has 2 saturated heterocycles. The second-order valence-electron chi connectivity index (χ2n) is 8.29. The van der Waals surface area contributed by atoms with Crippen LogP contribution >= 0.6 is 0 Å². The molecule has 0 saturated carbocycles. The second-order valence-corrected chi connectivity index (χ2v) is 8.29. The van der Waals surface area contributed by atoms with Crippen LogP contribution in [0.15, 0.2) is 24.3 Å². The summed E-state index contributed by atoms with van der Waals surface area (Å²) < 4.78 is 5.14. The first-order chi connectivity index (χ1) is 15.3. The fraction of sp³-hybridized carbons (Fsp3) is 0.545. The number of ether oxygens (including phenoxy) is 1. The minimum Gasteiger partial charge on any atom is -0.497 e. The number of hydrogen-bond donors (Lipinski definition) is 3. The number of hydrogen-bond acceptors (Lipinski definition) is 5. The molecule has 0 radical (unpaired) electrons. The third-order valence-corrected chi connectivity index (χ3v) is 5.58. The molecular formula is C22H31N5O5. The fourth-order valence-electron chi connectivity index (χ4n) is 3.85. The number of urea groups is 1. The van der Waals surface area contributed by atoms with Gasteiger partial charge in [-0.3, -0.25) is 14.4 Å². The molecule has 3 N–H and O–H groups in total. The van der Waals surface area contributed by atoms with Gasteiger partial charge in [0.2, 0.25) is 11.8 Å². The Labute approximate surface area is 187 Å². The average molecular weight is 446 g/mol. The van der Waals surface area contributed by atoms with Crippen molar-refractivity contribution in [2.24, 2.45) is 0 Å². The molecule has 1 aromatic rings. The Morgan fingerprint density at radius 1 is 1.16 bits per heavy atom. The highest BCUT2D eigenvalue weighted by Crippen LogP contribution is 2.18. The minimum absolute atomic E-state index is 0.0423. The van der Waals surface area contributed by atoms with E-state index in [0.717, 1.165) is 6.42 Å². The predicted molar refractivity (Wildman–Crippen MR) is 117 cm³/mol. The van der Waals surface area contributed by atoms with Crippen molar-refractivity contribution in [1.29, 1.82) is 0 Å². The van der Waals surface area contributed by atoms with E-state index in [1.165, 1.54) is 9.80 Å². The molecule has 0 aliphatic carbocycles. The third kappa shape index (κ3) is 5.49. The molecule has 2 fully saturated rings. The number of piperidine rings is 1. The second kappa shape index (κ2) is 10.3. The van der Waals surface area contributed by atoms with Gasteiger partial charge in [0.25, 0.3) is 5.91 Å². The smallest absolute Gasteiger partial charge is 0.317 e. The number of benzene rings is 1. The third-order valence-electron chi connectivity index (χ3n) is 5.58. The van der Waals surface area contributed by atoms with E-state index in [1.54, 1.807) is 31.4 Å². The summed E-state index contributed by atoms with van der Waals surface area (Å²) in [5.41, 5.74) is 0.416. The number of nitrogens with one attached hydrogen (secondary N) is 3. The SMILES string of the molecule is COc1ccc(C(=O)N2CCN(C(=O)NC(C)C)C[C@@H]2C(=O)N[C@@H]2CCCNC2=O)cc1. The Kier molecular flexibility index (Phi) is 7.55. The molecule has 0 aromatic heterocycles. The minimum atomic E-state index is -0.911. The van der Waals surface area contributed by atoms with Crippen molar-refractivity contribution in [1.82, 2.24) is 25.8 Å². The van der Waals surface area contributed by atoms with Crippen molar-refractivity contribution in [3.05, 3.63) is 29.8 Å². The summed E-state index contributed by atoms with van der Waals surface area (Å²) in [6.45, 7) is 4.83. The molecule has 2 aliphatic heterocycles. The summed E-state index contributed by atoms with van der Waals surface area (Å²) in [5.74, 6) is -0.377. The topological polar surface area (TPSA) is 120 Å². The zero-order valence-corrected chi connectivity index (χ0v) is 18.7. The summed E-state index contributed by atoms with van der Waals surface area (Å²) in [7, 11) is 1.54. The maximum Gasteiger partial charge on any atom is 0.317 e. The molecule has 32 heavy (non-hydrogen) atoms. The fourth-order valence-corrected chi connectivity index (χ4v) is 3.85. The standard InChI is InChI=1S/C22H31N5O5/c1-14(2)24-22(31)26-11-12-27(21(30)15-6-8-16(32-3)9-7-15)18(13-26)20(29)25-17-5-4-10-23-19(17)28/h6-9,14,17-18H,4-5,10-13H2,1-3H3,(H,23,28)(H,24,31)(H,25,29)/t17-,18-/m1/s1. The van der Waals surface area contributed by atoms with Crippen molar-refractivity contribution in [2.75, 3.05) is 33.3 Å². The first-order valence-electron chi connectivity index (χ1n) is 10.9. The summed E-state index contributed by atoms with van der Waals surface area (Å²) >= 11 is 0. The largest absolute Gasteiger partial charge is 0.497 e.